The number of unbranched alkanes of at least 4 members (excludes halogenated alkanes) is 1. The van der Waals surface area contributed by atoms with Crippen LogP contribution in [0.15, 0.2) is 12.2 Å². The lowest BCUT2D eigenvalue weighted by atomic mass is 10.4. The van der Waals surface area contributed by atoms with Gasteiger partial charge in [-0.25, -0.2) is 13.9 Å². The molecule has 5 atom stereocenters. The third-order valence-electron chi connectivity index (χ3n) is 6.87. The van der Waals surface area contributed by atoms with Crippen LogP contribution in [-0.2, 0) is 45.3 Å². The van der Waals surface area contributed by atoms with Gasteiger partial charge in [-0.2, -0.15) is 0 Å². The number of nitrogens with zero attached hydrogens (tertiary/aromatic N) is 2. The fourth-order valence-electron chi connectivity index (χ4n) is 3.99. The number of hydrogen-bond donors (Lipinski definition) is 2. The first kappa shape index (κ1) is 46.9. The van der Waals surface area contributed by atoms with Crippen LogP contribution in [0.5, 0.6) is 0 Å². The largest absolute Gasteiger partial charge is 0.472 e. The predicted octanol–water partition coefficient (Wildman–Crippen LogP) is 4.20. The van der Waals surface area contributed by atoms with Gasteiger partial charge < -0.3 is 32.0 Å². The summed E-state index contributed by atoms with van der Waals surface area (Å²) in [4.78, 5) is 31.6. The first-order valence-electron chi connectivity index (χ1n) is 16.4. The van der Waals surface area contributed by atoms with Crippen LogP contribution < -0.4 is 0 Å². The maximum Gasteiger partial charge on any atom is 0.472 e. The van der Waals surface area contributed by atoms with E-state index in [9.17, 15) is 23.7 Å². The van der Waals surface area contributed by atoms with Crippen LogP contribution in [0.25, 0.3) is 0 Å². The zero-order valence-electron chi connectivity index (χ0n) is 30.7. The number of likely N-dealkylation sites (N-methyl/N-ethyl adjacent to an activating group) is 2. The Morgan fingerprint density at radius 3 is 1.74 bits per heavy atom. The Kier molecular flexibility index (Phi) is 22.6. The smallest absolute Gasteiger partial charge is 0.462 e. The summed E-state index contributed by atoms with van der Waals surface area (Å²) in [6.07, 6.45) is 3.23. The minimum Gasteiger partial charge on any atom is -0.462 e. The molecule has 0 aromatic rings. The third-order valence-corrected chi connectivity index (χ3v) is 18.2. The van der Waals surface area contributed by atoms with Gasteiger partial charge in [0.2, 0.25) is 0 Å². The lowest BCUT2D eigenvalue weighted by Crippen LogP contribution is -2.45. The average molecular weight is 769 g/mol. The molecular formula is C28H66N2O12P2Si3+2. The van der Waals surface area contributed by atoms with E-state index in [4.69, 9.17) is 31.4 Å². The molecule has 0 amide bonds. The van der Waals surface area contributed by atoms with Gasteiger partial charge in [0.05, 0.1) is 70.9 Å². The van der Waals surface area contributed by atoms with Crippen LogP contribution in [0.4, 0.5) is 0 Å². The van der Waals surface area contributed by atoms with E-state index < -0.39 is 48.0 Å². The Morgan fingerprint density at radius 1 is 0.766 bits per heavy atom. The lowest BCUT2D eigenvalue weighted by molar-refractivity contribution is -0.870. The highest BCUT2D eigenvalue weighted by Crippen LogP contribution is 2.44. The van der Waals surface area contributed by atoms with E-state index in [1.807, 2.05) is 42.3 Å². The first-order chi connectivity index (χ1) is 21.4. The summed E-state index contributed by atoms with van der Waals surface area (Å²) in [5.41, 5.74) is 0.355. The van der Waals surface area contributed by atoms with Crippen LogP contribution in [0, 0.1) is 0 Å². The molecule has 0 aliphatic carbocycles. The van der Waals surface area contributed by atoms with Crippen LogP contribution >= 0.6 is 15.6 Å². The number of ether oxygens (including phenoxy) is 1. The highest BCUT2D eigenvalue weighted by molar-refractivity contribution is 7.47. The Bertz CT molecular complexity index is 1020. The second kappa shape index (κ2) is 22.7. The number of quaternary nitrogens is 2. The van der Waals surface area contributed by atoms with Crippen LogP contribution in [0.3, 0.4) is 0 Å². The number of carbonyl (C=O) groups is 1. The minimum atomic E-state index is -4.08. The molecule has 0 bridgehead atoms. The summed E-state index contributed by atoms with van der Waals surface area (Å²) < 4.78 is 64.4. The van der Waals surface area contributed by atoms with Crippen LogP contribution in [-0.4, -0.2) is 146 Å². The van der Waals surface area contributed by atoms with Crippen LogP contribution in [0.2, 0.25) is 37.8 Å². The fraction of sp³-hybridized carbons (Fsp3) is 0.893. The molecule has 0 rings (SSSR count). The molecule has 0 fully saturated rings. The molecule has 19 heteroatoms. The lowest BCUT2D eigenvalue weighted by Gasteiger charge is -2.31. The molecule has 0 aliphatic rings. The number of rotatable bonds is 29. The van der Waals surface area contributed by atoms with Crippen molar-refractivity contribution in [1.29, 1.82) is 0 Å². The Morgan fingerprint density at radius 2 is 1.26 bits per heavy atom. The fourth-order valence-corrected chi connectivity index (χ4v) is 15.5. The van der Waals surface area contributed by atoms with Gasteiger partial charge in [0, 0.05) is 11.8 Å². The summed E-state index contributed by atoms with van der Waals surface area (Å²) in [6.45, 7) is 13.6. The van der Waals surface area contributed by atoms with Crippen molar-refractivity contribution in [2.75, 3.05) is 94.6 Å². The van der Waals surface area contributed by atoms with E-state index >= 15 is 0 Å². The normalized spacial score (nSPS) is 17.7. The van der Waals surface area contributed by atoms with Crippen molar-refractivity contribution in [2.45, 2.75) is 70.4 Å². The second-order valence-electron chi connectivity index (χ2n) is 14.4. The Hall–Kier alpha value is -0.0794. The molecule has 280 valence electrons. The van der Waals surface area contributed by atoms with E-state index in [1.165, 1.54) is 0 Å². The van der Waals surface area contributed by atoms with E-state index in [0.29, 0.717) is 59.2 Å². The molecule has 14 nitrogen and oxygen atoms in total. The zero-order valence-corrected chi connectivity index (χ0v) is 35.8. The SMILES string of the molecule is C=C(C)C(=O)OCCC[Si](C)(OC[SiH](C)CCCOP(=O)(O)OCC[N+](C)(C)C)O[SiH](C)CCCCOP(=O)(O)OCC[N+](C)(C)C. The molecule has 0 aromatic carbocycles. The summed E-state index contributed by atoms with van der Waals surface area (Å²) in [5, 5.41) is 0. The molecule has 0 heterocycles. The number of phosphoric ester groups is 2. The molecular weight excluding hydrogens is 703 g/mol. The predicted molar refractivity (Wildman–Crippen MR) is 193 cm³/mol. The molecule has 0 aliphatic heterocycles. The number of hydrogen-bond acceptors (Lipinski definition) is 10. The van der Waals surface area contributed by atoms with Crippen molar-refractivity contribution in [3.8, 4) is 0 Å². The monoisotopic (exact) mass is 768 g/mol. The van der Waals surface area contributed by atoms with Crippen molar-refractivity contribution in [3.05, 3.63) is 12.2 Å². The first-order valence-corrected chi connectivity index (χ1v) is 27.2. The zero-order chi connectivity index (χ0) is 36.4. The van der Waals surface area contributed by atoms with Crippen molar-refractivity contribution in [2.24, 2.45) is 0 Å². The Balaban J connectivity index is 4.78. The van der Waals surface area contributed by atoms with E-state index in [2.05, 4.69) is 26.2 Å². The van der Waals surface area contributed by atoms with Gasteiger partial charge in [-0.15, -0.1) is 0 Å². The highest BCUT2D eigenvalue weighted by atomic mass is 31.2. The molecule has 47 heavy (non-hydrogen) atoms. The van der Waals surface area contributed by atoms with Crippen molar-refractivity contribution < 1.29 is 64.1 Å². The van der Waals surface area contributed by atoms with Crippen molar-refractivity contribution in [1.82, 2.24) is 0 Å². The molecule has 0 spiro atoms. The van der Waals surface area contributed by atoms with Crippen LogP contribution in [0.1, 0.15) is 32.6 Å². The minimum absolute atomic E-state index is 0.124. The van der Waals surface area contributed by atoms with Crippen molar-refractivity contribution >= 4 is 48.0 Å². The van der Waals surface area contributed by atoms with Gasteiger partial charge in [0.1, 0.15) is 26.3 Å². The highest BCUT2D eigenvalue weighted by Gasteiger charge is 2.34. The van der Waals surface area contributed by atoms with Gasteiger partial charge >= 0.3 is 30.2 Å². The van der Waals surface area contributed by atoms with Gasteiger partial charge in [0.15, 0.2) is 9.04 Å². The maximum absolute atomic E-state index is 12.1. The summed E-state index contributed by atoms with van der Waals surface area (Å²) in [7, 11) is -1.90. The second-order valence-corrected chi connectivity index (χ2v) is 26.7. The molecule has 0 saturated heterocycles. The Labute approximate surface area is 288 Å². The third kappa shape index (κ3) is 28.3. The molecule has 0 radical (unpaired) electrons. The quantitative estimate of drug-likeness (QED) is 0.0280. The standard InChI is InChI=1S/C28H64N2O12P2Si3/c1-27(2)28(31)36-18-15-25-47(11,41-26-45(9)23-14-20-38-44(34,35)40-22-17-30(6,7)8)42-46(10)24-13-12-19-37-43(32,33)39-21-16-29(3,4)5/h45-46H,1,12-26H2,2-11H3/p+2. The molecule has 0 saturated carbocycles. The van der Waals surface area contributed by atoms with E-state index in [-0.39, 0.29) is 33.0 Å². The molecule has 2 N–H and O–H groups in total. The number of phosphoric acid groups is 2. The van der Waals surface area contributed by atoms with Gasteiger partial charge in [0.25, 0.3) is 0 Å². The summed E-state index contributed by atoms with van der Waals surface area (Å²) in [6, 6.07) is 2.37. The topological polar surface area (TPSA) is 156 Å². The van der Waals surface area contributed by atoms with Crippen molar-refractivity contribution in [3.63, 3.8) is 0 Å². The van der Waals surface area contributed by atoms with Gasteiger partial charge in [-0.3, -0.25) is 18.1 Å². The number of carbonyl (C=O) groups excluding carboxylic acids is 1. The van der Waals surface area contributed by atoms with E-state index in [0.717, 1.165) is 18.5 Å². The van der Waals surface area contributed by atoms with Gasteiger partial charge in [-0.05, 0) is 51.4 Å². The number of esters is 1. The molecule has 0 aromatic heterocycles. The van der Waals surface area contributed by atoms with E-state index in [1.54, 1.807) is 6.92 Å². The maximum atomic E-state index is 12.1. The summed E-state index contributed by atoms with van der Waals surface area (Å²) >= 11 is 0. The molecule has 5 unspecified atom stereocenters. The summed E-state index contributed by atoms with van der Waals surface area (Å²) in [5.74, 6) is -0.416. The average Bonchev–Trinajstić information content (AvgIpc) is 2.90. The van der Waals surface area contributed by atoms with Gasteiger partial charge in [-0.1, -0.05) is 25.6 Å².